The maximum atomic E-state index is 11.0. The number of aromatic nitrogens is 2. The van der Waals surface area contributed by atoms with E-state index in [4.69, 9.17) is 9.84 Å². The number of benzene rings is 1. The van der Waals surface area contributed by atoms with Gasteiger partial charge in [0.25, 0.3) is 0 Å². The summed E-state index contributed by atoms with van der Waals surface area (Å²) in [6.45, 7) is 1.61. The molecule has 0 saturated carbocycles. The van der Waals surface area contributed by atoms with Crippen molar-refractivity contribution in [3.05, 3.63) is 35.4 Å². The van der Waals surface area contributed by atoms with Gasteiger partial charge in [0.05, 0.1) is 11.7 Å². The van der Waals surface area contributed by atoms with E-state index >= 15 is 0 Å². The van der Waals surface area contributed by atoms with Crippen LogP contribution in [0.3, 0.4) is 0 Å². The predicted octanol–water partition coefficient (Wildman–Crippen LogP) is 3.12. The van der Waals surface area contributed by atoms with Crippen molar-refractivity contribution in [3.8, 4) is 0 Å². The third-order valence-electron chi connectivity index (χ3n) is 3.45. The van der Waals surface area contributed by atoms with Gasteiger partial charge in [0.2, 0.25) is 5.13 Å². The van der Waals surface area contributed by atoms with Crippen LogP contribution in [0.5, 0.6) is 0 Å². The molecule has 122 valence electrons. The highest BCUT2D eigenvalue weighted by Gasteiger charge is 2.15. The van der Waals surface area contributed by atoms with Crippen molar-refractivity contribution in [1.82, 2.24) is 10.2 Å². The van der Waals surface area contributed by atoms with Gasteiger partial charge in [-0.15, -0.1) is 10.2 Å². The zero-order valence-electron chi connectivity index (χ0n) is 12.4. The number of nitrogens with one attached hydrogen (secondary N) is 1. The summed E-state index contributed by atoms with van der Waals surface area (Å²) in [7, 11) is 0. The second-order valence-electron chi connectivity index (χ2n) is 5.18. The Labute approximate surface area is 142 Å². The Bertz CT molecular complexity index is 671. The third-order valence-corrected chi connectivity index (χ3v) is 5.53. The van der Waals surface area contributed by atoms with E-state index in [0.717, 1.165) is 41.0 Å². The molecule has 1 aromatic heterocycles. The molecular weight excluding hydrogens is 334 g/mol. The number of nitrogens with zero attached hydrogens (tertiary/aromatic N) is 2. The van der Waals surface area contributed by atoms with E-state index in [-0.39, 0.29) is 6.10 Å². The van der Waals surface area contributed by atoms with Crippen LogP contribution in [-0.2, 0) is 10.5 Å². The molecule has 2 heterocycles. The van der Waals surface area contributed by atoms with Crippen LogP contribution in [0.25, 0.3) is 0 Å². The molecule has 8 heteroatoms. The molecule has 0 aliphatic carbocycles. The van der Waals surface area contributed by atoms with Crippen LogP contribution < -0.4 is 5.32 Å². The molecular formula is C15H17N3O3S2. The van der Waals surface area contributed by atoms with Crippen LogP contribution in [0, 0.1) is 0 Å². The lowest BCUT2D eigenvalue weighted by molar-refractivity contribution is 0.0696. The largest absolute Gasteiger partial charge is 0.478 e. The van der Waals surface area contributed by atoms with Crippen LogP contribution >= 0.6 is 23.1 Å². The van der Waals surface area contributed by atoms with Gasteiger partial charge in [-0.3, -0.25) is 0 Å². The fraction of sp³-hybridized carbons (Fsp3) is 0.400. The Hall–Kier alpha value is -1.64. The molecule has 1 aromatic carbocycles. The van der Waals surface area contributed by atoms with Crippen LogP contribution in [0.2, 0.25) is 0 Å². The molecule has 23 heavy (non-hydrogen) atoms. The number of rotatable bonds is 7. The maximum Gasteiger partial charge on any atom is 0.335 e. The number of thioether (sulfide) groups is 1. The SMILES string of the molecule is O=C(O)c1cccc(CSc2nnc(NC[C@@H]3CCCO3)s2)c1. The summed E-state index contributed by atoms with van der Waals surface area (Å²) in [5, 5.41) is 21.3. The van der Waals surface area contributed by atoms with Crippen molar-refractivity contribution in [3.63, 3.8) is 0 Å². The Balaban J connectivity index is 1.50. The molecule has 2 aromatic rings. The van der Waals surface area contributed by atoms with Gasteiger partial charge in [-0.2, -0.15) is 0 Å². The zero-order valence-corrected chi connectivity index (χ0v) is 14.0. The number of anilines is 1. The van der Waals surface area contributed by atoms with E-state index in [1.54, 1.807) is 30.0 Å². The van der Waals surface area contributed by atoms with Gasteiger partial charge in [0.1, 0.15) is 0 Å². The van der Waals surface area contributed by atoms with Crippen molar-refractivity contribution < 1.29 is 14.6 Å². The molecule has 2 N–H and O–H groups in total. The van der Waals surface area contributed by atoms with E-state index in [2.05, 4.69) is 15.5 Å². The molecule has 6 nitrogen and oxygen atoms in total. The molecule has 0 unspecified atom stereocenters. The van der Waals surface area contributed by atoms with Crippen molar-refractivity contribution in [1.29, 1.82) is 0 Å². The zero-order chi connectivity index (χ0) is 16.1. The number of hydrogen-bond donors (Lipinski definition) is 2. The normalized spacial score (nSPS) is 17.3. The molecule has 1 aliphatic rings. The van der Waals surface area contributed by atoms with Gasteiger partial charge >= 0.3 is 5.97 Å². The maximum absolute atomic E-state index is 11.0. The lowest BCUT2D eigenvalue weighted by Crippen LogP contribution is -2.18. The molecule has 0 amide bonds. The third kappa shape index (κ3) is 4.66. The van der Waals surface area contributed by atoms with Crippen LogP contribution in [-0.4, -0.2) is 40.5 Å². The fourth-order valence-corrected chi connectivity index (χ4v) is 3.99. The van der Waals surface area contributed by atoms with Gasteiger partial charge in [-0.25, -0.2) is 4.79 Å². The summed E-state index contributed by atoms with van der Waals surface area (Å²) in [6.07, 6.45) is 2.49. The number of carboxylic acids is 1. The predicted molar refractivity (Wildman–Crippen MR) is 90.3 cm³/mol. The van der Waals surface area contributed by atoms with E-state index in [1.807, 2.05) is 6.07 Å². The first kappa shape index (κ1) is 16.2. The molecule has 1 atom stereocenters. The Morgan fingerprint density at radius 3 is 3.17 bits per heavy atom. The topological polar surface area (TPSA) is 84.3 Å². The van der Waals surface area contributed by atoms with E-state index in [9.17, 15) is 4.79 Å². The minimum Gasteiger partial charge on any atom is -0.478 e. The lowest BCUT2D eigenvalue weighted by Gasteiger charge is -2.08. The number of aromatic carboxylic acids is 1. The van der Waals surface area contributed by atoms with Gasteiger partial charge in [-0.05, 0) is 30.5 Å². The summed E-state index contributed by atoms with van der Waals surface area (Å²) < 4.78 is 6.42. The van der Waals surface area contributed by atoms with Crippen molar-refractivity contribution >= 4 is 34.2 Å². The standard InChI is InChI=1S/C15H17N3O3S2/c19-13(20)11-4-1-3-10(7-11)9-22-15-18-17-14(23-15)16-8-12-5-2-6-21-12/h1,3-4,7,12H,2,5-6,8-9H2,(H,16,17)(H,19,20)/t12-/m0/s1. The molecule has 0 radical (unpaired) electrons. The second-order valence-corrected chi connectivity index (χ2v) is 7.38. The average molecular weight is 351 g/mol. The van der Waals surface area contributed by atoms with Gasteiger partial charge < -0.3 is 15.2 Å². The fourth-order valence-electron chi connectivity index (χ4n) is 2.29. The highest BCUT2D eigenvalue weighted by atomic mass is 32.2. The summed E-state index contributed by atoms with van der Waals surface area (Å²) in [5.41, 5.74) is 1.26. The van der Waals surface area contributed by atoms with Gasteiger partial charge in [0, 0.05) is 18.9 Å². The number of hydrogen-bond acceptors (Lipinski definition) is 7. The second kappa shape index (κ2) is 7.76. The van der Waals surface area contributed by atoms with Crippen molar-refractivity contribution in [2.75, 3.05) is 18.5 Å². The highest BCUT2D eigenvalue weighted by Crippen LogP contribution is 2.28. The Morgan fingerprint density at radius 2 is 2.39 bits per heavy atom. The first-order chi connectivity index (χ1) is 11.2. The van der Waals surface area contributed by atoms with E-state index in [0.29, 0.717) is 11.3 Å². The van der Waals surface area contributed by atoms with E-state index in [1.165, 1.54) is 11.3 Å². The summed E-state index contributed by atoms with van der Waals surface area (Å²) >= 11 is 3.06. The lowest BCUT2D eigenvalue weighted by atomic mass is 10.1. The van der Waals surface area contributed by atoms with Crippen LogP contribution in [0.4, 0.5) is 5.13 Å². The minimum absolute atomic E-state index is 0.272. The molecule has 1 aliphatic heterocycles. The Morgan fingerprint density at radius 1 is 1.48 bits per heavy atom. The van der Waals surface area contributed by atoms with E-state index < -0.39 is 5.97 Å². The number of ether oxygens (including phenoxy) is 1. The molecule has 1 fully saturated rings. The first-order valence-corrected chi connectivity index (χ1v) is 9.15. The van der Waals surface area contributed by atoms with Crippen LogP contribution in [0.1, 0.15) is 28.8 Å². The number of carbonyl (C=O) groups is 1. The molecule has 1 saturated heterocycles. The van der Waals surface area contributed by atoms with Crippen molar-refractivity contribution in [2.45, 2.75) is 29.0 Å². The monoisotopic (exact) mass is 351 g/mol. The van der Waals surface area contributed by atoms with Crippen LogP contribution in [0.15, 0.2) is 28.6 Å². The first-order valence-electron chi connectivity index (χ1n) is 7.35. The summed E-state index contributed by atoms with van der Waals surface area (Å²) in [4.78, 5) is 11.0. The smallest absolute Gasteiger partial charge is 0.335 e. The summed E-state index contributed by atoms with van der Waals surface area (Å²) in [6, 6.07) is 6.95. The molecule has 3 rings (SSSR count). The average Bonchev–Trinajstić information content (AvgIpc) is 3.23. The van der Waals surface area contributed by atoms with Gasteiger partial charge in [0.15, 0.2) is 4.34 Å². The van der Waals surface area contributed by atoms with Gasteiger partial charge in [-0.1, -0.05) is 35.2 Å². The molecule has 0 bridgehead atoms. The Kier molecular flexibility index (Phi) is 5.47. The summed E-state index contributed by atoms with van der Waals surface area (Å²) in [5.74, 6) is -0.241. The van der Waals surface area contributed by atoms with Crippen molar-refractivity contribution in [2.24, 2.45) is 0 Å². The number of carboxylic acid groups (broad SMARTS) is 1. The molecule has 0 spiro atoms. The quantitative estimate of drug-likeness (QED) is 0.741. The minimum atomic E-state index is -0.909. The highest BCUT2D eigenvalue weighted by molar-refractivity contribution is 8.00.